The number of amides is 1. The Bertz CT molecular complexity index is 1490. The Morgan fingerprint density at radius 2 is 1.73 bits per heavy atom. The summed E-state index contributed by atoms with van der Waals surface area (Å²) in [6.45, 7) is 6.39. The number of anilines is 1. The van der Waals surface area contributed by atoms with Crippen LogP contribution in [0.1, 0.15) is 39.7 Å². The number of carbonyl (C=O) groups is 1. The van der Waals surface area contributed by atoms with Gasteiger partial charge in [0.1, 0.15) is 23.3 Å². The summed E-state index contributed by atoms with van der Waals surface area (Å²) in [4.78, 5) is 36.3. The molecule has 0 spiro atoms. The van der Waals surface area contributed by atoms with Crippen LogP contribution in [0.3, 0.4) is 0 Å². The number of para-hydroxylation sites is 1. The van der Waals surface area contributed by atoms with Crippen LogP contribution in [0.4, 0.5) is 10.6 Å². The van der Waals surface area contributed by atoms with E-state index in [1.165, 1.54) is 15.8 Å². The molecular weight excluding hydrogens is 472 g/mol. The second-order valence-corrected chi connectivity index (χ2v) is 10.3. The Labute approximate surface area is 213 Å². The number of aromatic nitrogens is 4. The average Bonchev–Trinajstić information content (AvgIpc) is 3.17. The minimum absolute atomic E-state index is 0.170. The number of hydrogen-bond donors (Lipinski definition) is 2. The van der Waals surface area contributed by atoms with E-state index < -0.39 is 23.6 Å². The van der Waals surface area contributed by atoms with Gasteiger partial charge in [0, 0.05) is 6.54 Å². The number of nitrogens with zero attached hydrogens (tertiary/aromatic N) is 5. The Morgan fingerprint density at radius 3 is 2.38 bits per heavy atom. The minimum Gasteiger partial charge on any atom is -0.465 e. The summed E-state index contributed by atoms with van der Waals surface area (Å²) in [7, 11) is 0. The summed E-state index contributed by atoms with van der Waals surface area (Å²) in [6.07, 6.45) is 1.61. The standard InChI is InChI=1S/C27H30N6O4/c1-27(2,3)22-20(10-7-15-31(22)26(35)36)33-24-21(23(28)29-16-30-24)32(25(33)34)17-11-13-19(14-12-17)37-18-8-5-4-6-9-18/h4-6,8-9,11-14,16,20,22H,7,10,15H2,1-3H3,(H,35,36)(H2,28,29,30)/t20?,22-/m0/s1. The van der Waals surface area contributed by atoms with Gasteiger partial charge in [-0.15, -0.1) is 0 Å². The number of rotatable bonds is 4. The van der Waals surface area contributed by atoms with Crippen LogP contribution in [0, 0.1) is 5.41 Å². The van der Waals surface area contributed by atoms with Crippen LogP contribution in [0.2, 0.25) is 0 Å². The van der Waals surface area contributed by atoms with E-state index in [4.69, 9.17) is 10.5 Å². The summed E-state index contributed by atoms with van der Waals surface area (Å²) in [5.41, 5.74) is 6.87. The Balaban J connectivity index is 1.64. The number of carboxylic acid groups (broad SMARTS) is 1. The van der Waals surface area contributed by atoms with Crippen LogP contribution >= 0.6 is 0 Å². The van der Waals surface area contributed by atoms with Gasteiger partial charge in [0.25, 0.3) is 0 Å². The smallest absolute Gasteiger partial charge is 0.407 e. The van der Waals surface area contributed by atoms with E-state index >= 15 is 0 Å². The summed E-state index contributed by atoms with van der Waals surface area (Å²) < 4.78 is 8.99. The molecule has 3 heterocycles. The molecular formula is C27H30N6O4. The molecule has 0 saturated carbocycles. The Morgan fingerprint density at radius 1 is 1.05 bits per heavy atom. The van der Waals surface area contributed by atoms with Crippen LogP contribution in [0.25, 0.3) is 16.9 Å². The molecule has 0 radical (unpaired) electrons. The number of likely N-dealkylation sites (tertiary alicyclic amines) is 1. The van der Waals surface area contributed by atoms with Gasteiger partial charge in [-0.1, -0.05) is 39.0 Å². The third kappa shape index (κ3) is 4.39. The fourth-order valence-corrected chi connectivity index (χ4v) is 5.40. The van der Waals surface area contributed by atoms with Crippen molar-refractivity contribution in [1.29, 1.82) is 0 Å². The minimum atomic E-state index is -0.996. The van der Waals surface area contributed by atoms with Crippen molar-refractivity contribution in [3.05, 3.63) is 71.4 Å². The Hall–Kier alpha value is -4.34. The zero-order chi connectivity index (χ0) is 26.3. The van der Waals surface area contributed by atoms with Gasteiger partial charge in [-0.2, -0.15) is 0 Å². The first kappa shape index (κ1) is 24.4. The lowest BCUT2D eigenvalue weighted by Crippen LogP contribution is -2.55. The van der Waals surface area contributed by atoms with Crippen LogP contribution < -0.4 is 16.2 Å². The average molecular weight is 503 g/mol. The van der Waals surface area contributed by atoms with Crippen molar-refractivity contribution in [2.24, 2.45) is 5.41 Å². The maximum absolute atomic E-state index is 14.1. The number of fused-ring (bicyclic) bond motifs is 1. The number of imidazole rings is 1. The zero-order valence-corrected chi connectivity index (χ0v) is 21.0. The zero-order valence-electron chi connectivity index (χ0n) is 21.0. The molecule has 1 aliphatic rings. The van der Waals surface area contributed by atoms with E-state index in [-0.39, 0.29) is 11.5 Å². The molecule has 1 amide bonds. The predicted octanol–water partition coefficient (Wildman–Crippen LogP) is 4.69. The molecule has 2 atom stereocenters. The number of benzene rings is 2. The molecule has 37 heavy (non-hydrogen) atoms. The molecule has 10 heteroatoms. The number of ether oxygens (including phenoxy) is 1. The topological polar surface area (TPSA) is 128 Å². The number of nitrogens with two attached hydrogens (primary N) is 1. The highest BCUT2D eigenvalue weighted by molar-refractivity contribution is 5.84. The van der Waals surface area contributed by atoms with Crippen molar-refractivity contribution in [1.82, 2.24) is 24.0 Å². The highest BCUT2D eigenvalue weighted by atomic mass is 16.5. The van der Waals surface area contributed by atoms with Crippen molar-refractivity contribution < 1.29 is 14.6 Å². The van der Waals surface area contributed by atoms with Crippen molar-refractivity contribution in [3.63, 3.8) is 0 Å². The van der Waals surface area contributed by atoms with Crippen LogP contribution in [-0.2, 0) is 0 Å². The lowest BCUT2D eigenvalue weighted by molar-refractivity contribution is 0.0272. The van der Waals surface area contributed by atoms with Crippen LogP contribution in [0.5, 0.6) is 11.5 Å². The second kappa shape index (κ2) is 9.27. The molecule has 1 fully saturated rings. The van der Waals surface area contributed by atoms with Gasteiger partial charge in [0.15, 0.2) is 11.5 Å². The first-order valence-electron chi connectivity index (χ1n) is 12.2. The molecule has 2 aromatic carbocycles. The monoisotopic (exact) mass is 502 g/mol. The van der Waals surface area contributed by atoms with Gasteiger partial charge < -0.3 is 20.5 Å². The number of piperidine rings is 1. The lowest BCUT2D eigenvalue weighted by Gasteiger charge is -2.46. The van der Waals surface area contributed by atoms with E-state index in [1.54, 1.807) is 28.8 Å². The highest BCUT2D eigenvalue weighted by Gasteiger charge is 2.44. The Kier molecular flexibility index (Phi) is 6.10. The molecule has 2 aromatic heterocycles. The van der Waals surface area contributed by atoms with Crippen molar-refractivity contribution >= 4 is 23.1 Å². The van der Waals surface area contributed by atoms with Crippen LogP contribution in [-0.4, -0.2) is 47.8 Å². The lowest BCUT2D eigenvalue weighted by atomic mass is 9.77. The van der Waals surface area contributed by atoms with Crippen LogP contribution in [0.15, 0.2) is 65.7 Å². The molecule has 10 nitrogen and oxygen atoms in total. The largest absolute Gasteiger partial charge is 0.465 e. The second-order valence-electron chi connectivity index (χ2n) is 10.3. The molecule has 0 aliphatic carbocycles. The summed E-state index contributed by atoms with van der Waals surface area (Å²) in [5, 5.41) is 9.95. The van der Waals surface area contributed by atoms with Gasteiger partial charge in [0.05, 0.1) is 17.8 Å². The maximum Gasteiger partial charge on any atom is 0.407 e. The van der Waals surface area contributed by atoms with Gasteiger partial charge >= 0.3 is 11.8 Å². The van der Waals surface area contributed by atoms with Gasteiger partial charge in [-0.3, -0.25) is 9.13 Å². The summed E-state index contributed by atoms with van der Waals surface area (Å²) in [6, 6.07) is 15.7. The summed E-state index contributed by atoms with van der Waals surface area (Å²) >= 11 is 0. The van der Waals surface area contributed by atoms with Crippen molar-refractivity contribution in [2.75, 3.05) is 12.3 Å². The van der Waals surface area contributed by atoms with Gasteiger partial charge in [0.2, 0.25) is 0 Å². The summed E-state index contributed by atoms with van der Waals surface area (Å²) in [5.74, 6) is 1.49. The molecule has 0 bridgehead atoms. The van der Waals surface area contributed by atoms with Gasteiger partial charge in [-0.05, 0) is 54.7 Å². The quantitative estimate of drug-likeness (QED) is 0.414. The third-order valence-corrected chi connectivity index (χ3v) is 6.82. The van der Waals surface area contributed by atoms with E-state index in [0.717, 1.165) is 0 Å². The molecule has 1 aliphatic heterocycles. The van der Waals surface area contributed by atoms with E-state index in [2.05, 4.69) is 9.97 Å². The SMILES string of the molecule is CC(C)(C)[C@@H]1C(n2c(=O)n(-c3ccc(Oc4ccccc4)cc3)c3c(N)ncnc32)CCCN1C(=O)O. The highest BCUT2D eigenvalue weighted by Crippen LogP contribution is 2.40. The normalized spacial score (nSPS) is 18.2. The molecule has 4 aromatic rings. The first-order chi connectivity index (χ1) is 17.7. The molecule has 5 rings (SSSR count). The van der Waals surface area contributed by atoms with E-state index in [0.29, 0.717) is 47.7 Å². The number of nitrogen functional groups attached to an aromatic ring is 1. The molecule has 3 N–H and O–H groups in total. The fraction of sp³-hybridized carbons (Fsp3) is 0.333. The molecule has 1 saturated heterocycles. The first-order valence-corrected chi connectivity index (χ1v) is 12.2. The third-order valence-electron chi connectivity index (χ3n) is 6.82. The van der Waals surface area contributed by atoms with Gasteiger partial charge in [-0.25, -0.2) is 19.6 Å². The van der Waals surface area contributed by atoms with E-state index in [9.17, 15) is 14.7 Å². The van der Waals surface area contributed by atoms with Crippen molar-refractivity contribution in [3.8, 4) is 17.2 Å². The maximum atomic E-state index is 14.1. The number of hydrogen-bond acceptors (Lipinski definition) is 6. The van der Waals surface area contributed by atoms with Crippen molar-refractivity contribution in [2.45, 2.75) is 45.7 Å². The fourth-order valence-electron chi connectivity index (χ4n) is 5.40. The predicted molar refractivity (Wildman–Crippen MR) is 140 cm³/mol. The molecule has 192 valence electrons. The van der Waals surface area contributed by atoms with E-state index in [1.807, 2.05) is 51.1 Å². The molecule has 1 unspecified atom stereocenters.